The molecule has 0 atom stereocenters. The van der Waals surface area contributed by atoms with Crippen LogP contribution in [0.1, 0.15) is 23.6 Å². The fourth-order valence-corrected chi connectivity index (χ4v) is 11.2. The standard InChI is InChI=1S/C68H50N2O2/c1-4-45-18-11-24-52(41-45)70(63-31-15-29-57-56-28-13-27-55(67(56)72-68(57)63)46-19-6-5-7-20-46)61-39-35-48-32-36-58-60(38-34-47-33-37-59(61)65(48)64(47)58)69(51-23-10-16-43(2)40-51)62-30-14-26-54(66(62)71)50-22-12-21-49(42-50)53-25-9-8-17-44(53)3/h5-42,71H,4H2,1-3H3. The smallest absolute Gasteiger partial charge is 0.159 e. The number of benzene rings is 12. The van der Waals surface area contributed by atoms with Gasteiger partial charge in [0, 0.05) is 44.0 Å². The van der Waals surface area contributed by atoms with Crippen LogP contribution in [-0.2, 0) is 6.42 Å². The SMILES string of the molecule is CCc1cccc(N(c2ccc3ccc4c(N(c5cccc(C)c5)c5cccc(-c6cccc(-c7ccccc7C)c6)c5O)ccc5ccc2c3c54)c2cccc3c2oc2c(-c4ccccc4)cccc23)c1. The van der Waals surface area contributed by atoms with Gasteiger partial charge in [-0.15, -0.1) is 0 Å². The van der Waals surface area contributed by atoms with Crippen LogP contribution in [0.15, 0.2) is 235 Å². The van der Waals surface area contributed by atoms with Crippen LogP contribution < -0.4 is 9.80 Å². The molecule has 13 rings (SSSR count). The second-order valence-electron chi connectivity index (χ2n) is 19.0. The number of hydrogen-bond donors (Lipinski definition) is 1. The minimum Gasteiger partial charge on any atom is -0.505 e. The monoisotopic (exact) mass is 926 g/mol. The van der Waals surface area contributed by atoms with E-state index in [1.54, 1.807) is 0 Å². The summed E-state index contributed by atoms with van der Waals surface area (Å²) in [5, 5.41) is 21.7. The highest BCUT2D eigenvalue weighted by Gasteiger charge is 2.26. The van der Waals surface area contributed by atoms with Crippen LogP contribution in [0.25, 0.3) is 87.6 Å². The third-order valence-electron chi connectivity index (χ3n) is 14.7. The summed E-state index contributed by atoms with van der Waals surface area (Å²) < 4.78 is 7.12. The van der Waals surface area contributed by atoms with E-state index >= 15 is 0 Å². The Hall–Kier alpha value is -9.12. The molecule has 1 aromatic heterocycles. The molecule has 0 saturated heterocycles. The normalized spacial score (nSPS) is 11.7. The number of fused-ring (bicyclic) bond motifs is 3. The summed E-state index contributed by atoms with van der Waals surface area (Å²) in [5.41, 5.74) is 17.2. The third-order valence-corrected chi connectivity index (χ3v) is 14.7. The Bertz CT molecular complexity index is 4210. The van der Waals surface area contributed by atoms with Crippen LogP contribution in [0.4, 0.5) is 34.1 Å². The topological polar surface area (TPSA) is 39.9 Å². The molecular formula is C68H50N2O2. The minimum absolute atomic E-state index is 0.217. The van der Waals surface area contributed by atoms with Crippen molar-refractivity contribution in [2.75, 3.05) is 9.80 Å². The second-order valence-corrected chi connectivity index (χ2v) is 19.0. The van der Waals surface area contributed by atoms with Gasteiger partial charge in [-0.3, -0.25) is 0 Å². The number of phenolic OH excluding ortho intramolecular Hbond substituents is 1. The first-order valence-electron chi connectivity index (χ1n) is 24.9. The van der Waals surface area contributed by atoms with Gasteiger partial charge in [0.25, 0.3) is 0 Å². The molecule has 4 heteroatoms. The minimum atomic E-state index is 0.217. The van der Waals surface area contributed by atoms with Gasteiger partial charge in [-0.25, -0.2) is 0 Å². The van der Waals surface area contributed by atoms with Gasteiger partial charge in [-0.1, -0.05) is 183 Å². The summed E-state index contributed by atoms with van der Waals surface area (Å²) in [6.07, 6.45) is 0.911. The zero-order valence-corrected chi connectivity index (χ0v) is 40.4. The summed E-state index contributed by atoms with van der Waals surface area (Å²) in [4.78, 5) is 4.63. The molecule has 0 aliphatic carbocycles. The van der Waals surface area contributed by atoms with E-state index in [4.69, 9.17) is 4.42 Å². The van der Waals surface area contributed by atoms with E-state index in [1.807, 2.05) is 12.1 Å². The first kappa shape index (κ1) is 42.9. The highest BCUT2D eigenvalue weighted by molar-refractivity contribution is 6.28. The van der Waals surface area contributed by atoms with Crippen LogP contribution in [0.5, 0.6) is 5.75 Å². The Kier molecular flexibility index (Phi) is 10.4. The molecule has 0 spiro atoms. The van der Waals surface area contributed by atoms with Crippen LogP contribution in [0.3, 0.4) is 0 Å². The zero-order valence-electron chi connectivity index (χ0n) is 40.4. The molecule has 13 aromatic rings. The molecule has 0 saturated carbocycles. The molecule has 4 nitrogen and oxygen atoms in total. The zero-order chi connectivity index (χ0) is 48.5. The number of para-hydroxylation sites is 3. The molecule has 1 N–H and O–H groups in total. The predicted octanol–water partition coefficient (Wildman–Crippen LogP) is 19.3. The molecule has 0 bridgehead atoms. The average molecular weight is 927 g/mol. The number of phenols is 1. The Morgan fingerprint density at radius 1 is 0.389 bits per heavy atom. The summed E-state index contributed by atoms with van der Waals surface area (Å²) in [7, 11) is 0. The fourth-order valence-electron chi connectivity index (χ4n) is 11.2. The van der Waals surface area contributed by atoms with Crippen molar-refractivity contribution in [2.45, 2.75) is 27.2 Å². The molecular weight excluding hydrogens is 877 g/mol. The third kappa shape index (κ3) is 7.06. The molecule has 0 radical (unpaired) electrons. The largest absolute Gasteiger partial charge is 0.505 e. The van der Waals surface area contributed by atoms with Crippen LogP contribution in [-0.4, -0.2) is 5.11 Å². The maximum atomic E-state index is 12.7. The van der Waals surface area contributed by atoms with Gasteiger partial charge in [0.1, 0.15) is 11.3 Å². The molecule has 0 amide bonds. The van der Waals surface area contributed by atoms with Crippen molar-refractivity contribution in [1.82, 2.24) is 0 Å². The lowest BCUT2D eigenvalue weighted by atomic mass is 9.91. The van der Waals surface area contributed by atoms with Gasteiger partial charge < -0.3 is 19.3 Å². The van der Waals surface area contributed by atoms with Crippen LogP contribution >= 0.6 is 0 Å². The Labute approximate surface area is 419 Å². The van der Waals surface area contributed by atoms with E-state index in [2.05, 4.69) is 249 Å². The first-order valence-corrected chi connectivity index (χ1v) is 24.9. The van der Waals surface area contributed by atoms with Crippen LogP contribution in [0.2, 0.25) is 0 Å². The van der Waals surface area contributed by atoms with E-state index in [9.17, 15) is 5.11 Å². The van der Waals surface area contributed by atoms with Crippen molar-refractivity contribution in [3.8, 4) is 39.1 Å². The Morgan fingerprint density at radius 3 is 1.65 bits per heavy atom. The lowest BCUT2D eigenvalue weighted by molar-refractivity contribution is 0.478. The van der Waals surface area contributed by atoms with Gasteiger partial charge >= 0.3 is 0 Å². The van der Waals surface area contributed by atoms with Crippen LogP contribution in [0, 0.1) is 13.8 Å². The van der Waals surface area contributed by atoms with Gasteiger partial charge in [0.2, 0.25) is 0 Å². The Balaban J connectivity index is 1.02. The molecule has 12 aromatic carbocycles. The number of nitrogens with zero attached hydrogens (tertiary/aromatic N) is 2. The molecule has 72 heavy (non-hydrogen) atoms. The summed E-state index contributed by atoms with van der Waals surface area (Å²) >= 11 is 0. The van der Waals surface area contributed by atoms with E-state index in [0.29, 0.717) is 5.69 Å². The number of anilines is 6. The van der Waals surface area contributed by atoms with Crippen molar-refractivity contribution in [3.05, 3.63) is 247 Å². The summed E-state index contributed by atoms with van der Waals surface area (Å²) in [6, 6.07) is 82.1. The molecule has 0 aliphatic heterocycles. The van der Waals surface area contributed by atoms with E-state index in [-0.39, 0.29) is 5.75 Å². The number of rotatable bonds is 10. The van der Waals surface area contributed by atoms with Gasteiger partial charge in [0.15, 0.2) is 5.58 Å². The lowest BCUT2D eigenvalue weighted by Crippen LogP contribution is -2.12. The number of furan rings is 1. The van der Waals surface area contributed by atoms with Crippen molar-refractivity contribution >= 4 is 88.4 Å². The van der Waals surface area contributed by atoms with Gasteiger partial charge in [0.05, 0.1) is 22.7 Å². The lowest BCUT2D eigenvalue weighted by Gasteiger charge is -2.30. The maximum Gasteiger partial charge on any atom is 0.159 e. The number of hydrogen-bond acceptors (Lipinski definition) is 4. The van der Waals surface area contributed by atoms with E-state index < -0.39 is 0 Å². The van der Waals surface area contributed by atoms with Gasteiger partial charge in [-0.05, 0) is 135 Å². The number of aryl methyl sites for hydroxylation is 3. The van der Waals surface area contributed by atoms with Gasteiger partial charge in [-0.2, -0.15) is 0 Å². The van der Waals surface area contributed by atoms with Crippen molar-refractivity contribution in [1.29, 1.82) is 0 Å². The molecule has 0 fully saturated rings. The average Bonchev–Trinajstić information content (AvgIpc) is 3.82. The van der Waals surface area contributed by atoms with Crippen molar-refractivity contribution in [2.24, 2.45) is 0 Å². The molecule has 344 valence electrons. The second kappa shape index (κ2) is 17.4. The fraction of sp³-hybridized carbons (Fsp3) is 0.0588. The van der Waals surface area contributed by atoms with E-state index in [0.717, 1.165) is 112 Å². The van der Waals surface area contributed by atoms with E-state index in [1.165, 1.54) is 27.5 Å². The predicted molar refractivity (Wildman–Crippen MR) is 304 cm³/mol. The quantitative estimate of drug-likeness (QED) is 0.139. The first-order chi connectivity index (χ1) is 35.4. The number of aromatic hydroxyl groups is 1. The molecule has 0 unspecified atom stereocenters. The van der Waals surface area contributed by atoms with Crippen molar-refractivity contribution in [3.63, 3.8) is 0 Å². The van der Waals surface area contributed by atoms with Crippen molar-refractivity contribution < 1.29 is 9.52 Å². The highest BCUT2D eigenvalue weighted by atomic mass is 16.3. The molecule has 0 aliphatic rings. The summed E-state index contributed by atoms with van der Waals surface area (Å²) in [6.45, 7) is 6.47. The Morgan fingerprint density at radius 2 is 0.931 bits per heavy atom. The highest BCUT2D eigenvalue weighted by Crippen LogP contribution is 2.51. The molecule has 1 heterocycles. The summed E-state index contributed by atoms with van der Waals surface area (Å²) in [5.74, 6) is 0.217. The maximum absolute atomic E-state index is 12.7.